The molecule has 1 amide bonds. The van der Waals surface area contributed by atoms with Crippen molar-refractivity contribution in [1.29, 1.82) is 0 Å². The Hall–Kier alpha value is -2.11. The molecule has 1 aromatic rings. The fourth-order valence-electron chi connectivity index (χ4n) is 1.57. The molecular formula is C15H23N2O4+. The van der Waals surface area contributed by atoms with E-state index in [1.54, 1.807) is 43.2 Å². The number of carbonyl (C=O) groups excluding carboxylic acids is 2. The van der Waals surface area contributed by atoms with Crippen molar-refractivity contribution in [2.45, 2.75) is 39.3 Å². The Kier molecular flexibility index (Phi) is 7.21. The van der Waals surface area contributed by atoms with E-state index in [2.05, 4.69) is 6.92 Å². The van der Waals surface area contributed by atoms with Crippen LogP contribution >= 0.6 is 0 Å². The van der Waals surface area contributed by atoms with E-state index in [1.165, 1.54) is 4.90 Å². The second kappa shape index (κ2) is 8.94. The van der Waals surface area contributed by atoms with E-state index in [4.69, 9.17) is 9.47 Å². The van der Waals surface area contributed by atoms with Crippen LogP contribution in [0.5, 0.6) is 5.75 Å². The second-order valence-electron chi connectivity index (χ2n) is 4.92. The van der Waals surface area contributed by atoms with Gasteiger partial charge in [-0.1, -0.05) is 19.8 Å². The Morgan fingerprint density at radius 3 is 2.71 bits per heavy atom. The van der Waals surface area contributed by atoms with Crippen molar-refractivity contribution in [3.8, 4) is 5.75 Å². The van der Waals surface area contributed by atoms with Crippen LogP contribution in [0.15, 0.2) is 24.5 Å². The van der Waals surface area contributed by atoms with E-state index in [-0.39, 0.29) is 12.7 Å². The van der Waals surface area contributed by atoms with Crippen molar-refractivity contribution in [2.24, 2.45) is 0 Å². The maximum atomic E-state index is 11.5. The van der Waals surface area contributed by atoms with Crippen LogP contribution < -0.4 is 9.30 Å². The number of esters is 1. The molecule has 1 aromatic heterocycles. The number of rotatable bonds is 7. The largest absolute Gasteiger partial charge is 0.414 e. The summed E-state index contributed by atoms with van der Waals surface area (Å²) >= 11 is 0. The second-order valence-corrected chi connectivity index (χ2v) is 4.92. The number of pyridine rings is 1. The molecule has 0 bridgehead atoms. The Labute approximate surface area is 125 Å². The smallest absolute Gasteiger partial charge is 0.405 e. The van der Waals surface area contributed by atoms with Crippen LogP contribution in [0.25, 0.3) is 0 Å². The summed E-state index contributed by atoms with van der Waals surface area (Å²) in [6, 6.07) is 3.39. The average molecular weight is 295 g/mol. The van der Waals surface area contributed by atoms with E-state index in [9.17, 15) is 9.59 Å². The van der Waals surface area contributed by atoms with Crippen molar-refractivity contribution < 1.29 is 23.6 Å². The van der Waals surface area contributed by atoms with Crippen LogP contribution in [0, 0.1) is 0 Å². The number of amides is 1. The van der Waals surface area contributed by atoms with Gasteiger partial charge in [-0.2, -0.15) is 4.57 Å². The maximum absolute atomic E-state index is 11.5. The molecule has 0 unspecified atom stereocenters. The molecule has 21 heavy (non-hydrogen) atoms. The van der Waals surface area contributed by atoms with Gasteiger partial charge in [0.1, 0.15) is 0 Å². The zero-order valence-corrected chi connectivity index (χ0v) is 12.9. The molecular weight excluding hydrogens is 272 g/mol. The van der Waals surface area contributed by atoms with Gasteiger partial charge in [0.2, 0.25) is 6.20 Å². The quantitative estimate of drug-likeness (QED) is 0.439. The Morgan fingerprint density at radius 1 is 1.29 bits per heavy atom. The summed E-state index contributed by atoms with van der Waals surface area (Å²) in [5.41, 5.74) is 0. The van der Waals surface area contributed by atoms with Gasteiger partial charge in [0.05, 0.1) is 0 Å². The number of carbonyl (C=O) groups is 2. The first-order valence-electron chi connectivity index (χ1n) is 7.06. The van der Waals surface area contributed by atoms with Crippen LogP contribution in [0.3, 0.4) is 0 Å². The van der Waals surface area contributed by atoms with Crippen LogP contribution in [0.1, 0.15) is 32.6 Å². The highest BCUT2D eigenvalue weighted by Gasteiger charge is 2.11. The van der Waals surface area contributed by atoms with Gasteiger partial charge >= 0.3 is 12.1 Å². The van der Waals surface area contributed by atoms with Crippen LogP contribution in [-0.4, -0.2) is 31.1 Å². The SMILES string of the molecule is CCCCCC(=O)OC[n+]1cccc(OC(=O)N(C)C)c1. The summed E-state index contributed by atoms with van der Waals surface area (Å²) in [6.07, 6.45) is 6.28. The van der Waals surface area contributed by atoms with E-state index in [0.29, 0.717) is 12.2 Å². The lowest BCUT2D eigenvalue weighted by molar-refractivity contribution is -0.727. The Morgan fingerprint density at radius 2 is 2.05 bits per heavy atom. The fourth-order valence-corrected chi connectivity index (χ4v) is 1.57. The summed E-state index contributed by atoms with van der Waals surface area (Å²) in [7, 11) is 3.22. The Bertz CT molecular complexity index is 474. The van der Waals surface area contributed by atoms with Gasteiger partial charge in [-0.3, -0.25) is 4.79 Å². The number of unbranched alkanes of at least 4 members (excludes halogenated alkanes) is 2. The highest BCUT2D eigenvalue weighted by molar-refractivity contribution is 5.69. The molecule has 0 saturated heterocycles. The highest BCUT2D eigenvalue weighted by atomic mass is 16.6. The van der Waals surface area contributed by atoms with Gasteiger partial charge in [0.15, 0.2) is 11.9 Å². The first-order chi connectivity index (χ1) is 10.0. The first-order valence-corrected chi connectivity index (χ1v) is 7.06. The molecule has 0 aliphatic heterocycles. The summed E-state index contributed by atoms with van der Waals surface area (Å²) in [5.74, 6) is 0.185. The number of nitrogens with zero attached hydrogens (tertiary/aromatic N) is 2. The zero-order valence-electron chi connectivity index (χ0n) is 12.9. The molecule has 1 rings (SSSR count). The molecule has 0 saturated carbocycles. The molecule has 0 aliphatic rings. The number of hydrogen-bond donors (Lipinski definition) is 0. The Balaban J connectivity index is 2.45. The molecule has 0 atom stereocenters. The standard InChI is InChI=1S/C15H23N2O4/c1-4-5-6-9-14(18)20-12-17-10-7-8-13(11-17)21-15(19)16(2)3/h7-8,10-11H,4-6,9,12H2,1-3H3/q+1. The van der Waals surface area contributed by atoms with Crippen LogP contribution in [0.4, 0.5) is 4.79 Å². The fraction of sp³-hybridized carbons (Fsp3) is 0.533. The highest BCUT2D eigenvalue weighted by Crippen LogP contribution is 2.07. The topological polar surface area (TPSA) is 59.7 Å². The van der Waals surface area contributed by atoms with Gasteiger partial charge in [-0.25, -0.2) is 4.79 Å². The lowest BCUT2D eigenvalue weighted by Gasteiger charge is -2.09. The normalized spacial score (nSPS) is 10.0. The van der Waals surface area contributed by atoms with Gasteiger partial charge < -0.3 is 14.4 Å². The summed E-state index contributed by atoms with van der Waals surface area (Å²) < 4.78 is 11.9. The molecule has 0 aromatic carbocycles. The molecule has 1 heterocycles. The van der Waals surface area contributed by atoms with Crippen molar-refractivity contribution in [3.63, 3.8) is 0 Å². The third-order valence-electron chi connectivity index (χ3n) is 2.76. The molecule has 6 nitrogen and oxygen atoms in total. The van der Waals surface area contributed by atoms with E-state index in [0.717, 1.165) is 19.3 Å². The lowest BCUT2D eigenvalue weighted by atomic mass is 10.2. The predicted octanol–water partition coefficient (Wildman–Crippen LogP) is 2.12. The zero-order chi connectivity index (χ0) is 15.7. The van der Waals surface area contributed by atoms with Crippen molar-refractivity contribution in [3.05, 3.63) is 24.5 Å². The molecule has 0 N–H and O–H groups in total. The molecule has 116 valence electrons. The summed E-state index contributed by atoms with van der Waals surface area (Å²) in [4.78, 5) is 24.3. The molecule has 0 spiro atoms. The van der Waals surface area contributed by atoms with Gasteiger partial charge in [0, 0.05) is 26.6 Å². The molecule has 0 fully saturated rings. The monoisotopic (exact) mass is 295 g/mol. The minimum Gasteiger partial charge on any atom is -0.405 e. The van der Waals surface area contributed by atoms with Crippen LogP contribution in [0.2, 0.25) is 0 Å². The van der Waals surface area contributed by atoms with E-state index < -0.39 is 6.09 Å². The third-order valence-corrected chi connectivity index (χ3v) is 2.76. The number of ether oxygens (including phenoxy) is 2. The van der Waals surface area contributed by atoms with Gasteiger partial charge in [0.25, 0.3) is 6.73 Å². The number of aromatic nitrogens is 1. The van der Waals surface area contributed by atoms with Crippen molar-refractivity contribution in [2.75, 3.05) is 14.1 Å². The molecule has 0 aliphatic carbocycles. The predicted molar refractivity (Wildman–Crippen MR) is 76.6 cm³/mol. The average Bonchev–Trinajstić information content (AvgIpc) is 2.45. The van der Waals surface area contributed by atoms with E-state index in [1.807, 2.05) is 0 Å². The van der Waals surface area contributed by atoms with Crippen LogP contribution in [-0.2, 0) is 16.3 Å². The first kappa shape index (κ1) is 16.9. The minimum absolute atomic E-state index is 0.109. The lowest BCUT2D eigenvalue weighted by Crippen LogP contribution is -2.36. The third kappa shape index (κ3) is 6.74. The summed E-state index contributed by atoms with van der Waals surface area (Å²) in [5, 5.41) is 0. The minimum atomic E-state index is -0.454. The maximum Gasteiger partial charge on any atom is 0.414 e. The molecule has 0 radical (unpaired) electrons. The summed E-state index contributed by atoms with van der Waals surface area (Å²) in [6.45, 7) is 2.19. The van der Waals surface area contributed by atoms with Gasteiger partial charge in [-0.15, -0.1) is 0 Å². The van der Waals surface area contributed by atoms with Gasteiger partial charge in [-0.05, 0) is 12.5 Å². The number of hydrogen-bond acceptors (Lipinski definition) is 4. The van der Waals surface area contributed by atoms with E-state index >= 15 is 0 Å². The molecule has 6 heteroatoms. The van der Waals surface area contributed by atoms with Crippen molar-refractivity contribution >= 4 is 12.1 Å². The van der Waals surface area contributed by atoms with Crippen molar-refractivity contribution in [1.82, 2.24) is 4.90 Å².